The fourth-order valence-electron chi connectivity index (χ4n) is 3.98. The van der Waals surface area contributed by atoms with E-state index in [2.05, 4.69) is 119 Å². The standard InChI is InChI=1S/C24H23Br2N/c1-14(2)18-6-5-7-19(15(3)4)24(18)27-22-12-16(25)8-10-20(22)21-11-9-17(26)13-23(21)27/h5-15H,1-4H3. The lowest BCUT2D eigenvalue weighted by molar-refractivity contribution is 0.815. The molecule has 0 amide bonds. The zero-order chi connectivity index (χ0) is 19.3. The Hall–Kier alpha value is -1.58. The molecule has 4 rings (SSSR count). The molecule has 0 unspecified atom stereocenters. The lowest BCUT2D eigenvalue weighted by Gasteiger charge is -2.22. The monoisotopic (exact) mass is 483 g/mol. The van der Waals surface area contributed by atoms with Crippen LogP contribution in [0.4, 0.5) is 0 Å². The minimum atomic E-state index is 0.450. The Morgan fingerprint density at radius 1 is 0.667 bits per heavy atom. The smallest absolute Gasteiger partial charge is 0.0552 e. The van der Waals surface area contributed by atoms with Gasteiger partial charge in [-0.3, -0.25) is 0 Å². The molecule has 1 heterocycles. The van der Waals surface area contributed by atoms with Crippen LogP contribution in [0.15, 0.2) is 63.5 Å². The number of para-hydroxylation sites is 1. The number of halogens is 2. The zero-order valence-electron chi connectivity index (χ0n) is 16.1. The van der Waals surface area contributed by atoms with Gasteiger partial charge in [0.1, 0.15) is 0 Å². The molecule has 0 saturated heterocycles. The minimum absolute atomic E-state index is 0.450. The van der Waals surface area contributed by atoms with Crippen molar-refractivity contribution in [2.24, 2.45) is 0 Å². The maximum atomic E-state index is 3.68. The van der Waals surface area contributed by atoms with E-state index in [-0.39, 0.29) is 0 Å². The highest BCUT2D eigenvalue weighted by Crippen LogP contribution is 2.39. The van der Waals surface area contributed by atoms with Crippen molar-refractivity contribution in [1.82, 2.24) is 4.57 Å². The van der Waals surface area contributed by atoms with Crippen molar-refractivity contribution in [1.29, 1.82) is 0 Å². The maximum absolute atomic E-state index is 3.68. The summed E-state index contributed by atoms with van der Waals surface area (Å²) in [4.78, 5) is 0. The van der Waals surface area contributed by atoms with Crippen LogP contribution >= 0.6 is 31.9 Å². The Kier molecular flexibility index (Phi) is 4.94. The first-order valence-electron chi connectivity index (χ1n) is 9.41. The van der Waals surface area contributed by atoms with E-state index >= 15 is 0 Å². The summed E-state index contributed by atoms with van der Waals surface area (Å²) in [5.41, 5.74) is 6.60. The van der Waals surface area contributed by atoms with Crippen molar-refractivity contribution in [2.75, 3.05) is 0 Å². The highest BCUT2D eigenvalue weighted by Gasteiger charge is 2.20. The summed E-state index contributed by atoms with van der Waals surface area (Å²) in [6, 6.07) is 19.9. The fraction of sp³-hybridized carbons (Fsp3) is 0.250. The van der Waals surface area contributed by atoms with Gasteiger partial charge in [-0.1, -0.05) is 89.9 Å². The predicted octanol–water partition coefficient (Wildman–Crippen LogP) is 8.56. The van der Waals surface area contributed by atoms with Crippen molar-refractivity contribution in [3.8, 4) is 5.69 Å². The molecule has 0 spiro atoms. The van der Waals surface area contributed by atoms with E-state index in [4.69, 9.17) is 0 Å². The normalized spacial score (nSPS) is 12.0. The molecule has 3 heteroatoms. The summed E-state index contributed by atoms with van der Waals surface area (Å²) in [5, 5.41) is 2.57. The third-order valence-corrected chi connectivity index (χ3v) is 6.24. The summed E-state index contributed by atoms with van der Waals surface area (Å²) >= 11 is 7.37. The molecule has 27 heavy (non-hydrogen) atoms. The molecule has 4 aromatic rings. The van der Waals surface area contributed by atoms with Gasteiger partial charge in [-0.2, -0.15) is 0 Å². The Labute approximate surface area is 177 Å². The van der Waals surface area contributed by atoms with Crippen LogP contribution in [0.1, 0.15) is 50.7 Å². The van der Waals surface area contributed by atoms with E-state index in [0.717, 1.165) is 8.95 Å². The lowest BCUT2D eigenvalue weighted by atomic mass is 9.92. The quantitative estimate of drug-likeness (QED) is 0.274. The number of rotatable bonds is 3. The van der Waals surface area contributed by atoms with Gasteiger partial charge < -0.3 is 4.57 Å². The van der Waals surface area contributed by atoms with Gasteiger partial charge in [-0.05, 0) is 47.2 Å². The number of benzene rings is 3. The van der Waals surface area contributed by atoms with Crippen LogP contribution < -0.4 is 0 Å². The summed E-state index contributed by atoms with van der Waals surface area (Å²) in [5.74, 6) is 0.899. The van der Waals surface area contributed by atoms with Crippen molar-refractivity contribution in [3.05, 3.63) is 74.7 Å². The maximum Gasteiger partial charge on any atom is 0.0552 e. The zero-order valence-corrected chi connectivity index (χ0v) is 19.2. The summed E-state index contributed by atoms with van der Waals surface area (Å²) < 4.78 is 4.67. The molecule has 3 aromatic carbocycles. The molecule has 1 nitrogen and oxygen atoms in total. The average Bonchev–Trinajstić information content (AvgIpc) is 2.92. The van der Waals surface area contributed by atoms with E-state index < -0.39 is 0 Å². The topological polar surface area (TPSA) is 4.93 Å². The highest BCUT2D eigenvalue weighted by molar-refractivity contribution is 9.10. The minimum Gasteiger partial charge on any atom is -0.309 e. The number of nitrogens with zero attached hydrogens (tertiary/aromatic N) is 1. The largest absolute Gasteiger partial charge is 0.309 e. The summed E-state index contributed by atoms with van der Waals surface area (Å²) in [6.07, 6.45) is 0. The molecule has 0 atom stereocenters. The summed E-state index contributed by atoms with van der Waals surface area (Å²) in [7, 11) is 0. The van der Waals surface area contributed by atoms with Gasteiger partial charge >= 0.3 is 0 Å². The van der Waals surface area contributed by atoms with E-state index in [1.165, 1.54) is 38.6 Å². The fourth-order valence-corrected chi connectivity index (χ4v) is 4.67. The van der Waals surface area contributed by atoms with Gasteiger partial charge in [0.05, 0.1) is 16.7 Å². The second kappa shape index (κ2) is 7.10. The molecule has 0 bridgehead atoms. The second-order valence-electron chi connectivity index (χ2n) is 7.75. The van der Waals surface area contributed by atoms with Gasteiger partial charge in [0.2, 0.25) is 0 Å². The predicted molar refractivity (Wildman–Crippen MR) is 124 cm³/mol. The van der Waals surface area contributed by atoms with E-state index in [0.29, 0.717) is 11.8 Å². The van der Waals surface area contributed by atoms with Crippen molar-refractivity contribution in [3.63, 3.8) is 0 Å². The van der Waals surface area contributed by atoms with E-state index in [9.17, 15) is 0 Å². The molecule has 0 radical (unpaired) electrons. The number of hydrogen-bond acceptors (Lipinski definition) is 0. The number of fused-ring (bicyclic) bond motifs is 3. The van der Waals surface area contributed by atoms with Gasteiger partial charge in [0, 0.05) is 19.7 Å². The molecule has 0 N–H and O–H groups in total. The van der Waals surface area contributed by atoms with Crippen LogP contribution in [0.2, 0.25) is 0 Å². The van der Waals surface area contributed by atoms with Gasteiger partial charge in [-0.15, -0.1) is 0 Å². The van der Waals surface area contributed by atoms with Crippen LogP contribution in [-0.2, 0) is 0 Å². The SMILES string of the molecule is CC(C)c1cccc(C(C)C)c1-n1c2cc(Br)ccc2c2ccc(Br)cc21. The number of hydrogen-bond donors (Lipinski definition) is 0. The second-order valence-corrected chi connectivity index (χ2v) is 9.58. The lowest BCUT2D eigenvalue weighted by Crippen LogP contribution is -2.07. The molecule has 0 aliphatic heterocycles. The molecule has 0 fully saturated rings. The molecular formula is C24H23Br2N. The van der Waals surface area contributed by atoms with E-state index in [1.54, 1.807) is 0 Å². The molecule has 1 aromatic heterocycles. The Balaban J connectivity index is 2.25. The number of aromatic nitrogens is 1. The van der Waals surface area contributed by atoms with E-state index in [1.807, 2.05) is 0 Å². The molecule has 138 valence electrons. The van der Waals surface area contributed by atoms with Crippen LogP contribution in [0.3, 0.4) is 0 Å². The van der Waals surface area contributed by atoms with Gasteiger partial charge in [0.25, 0.3) is 0 Å². The molecule has 0 aliphatic rings. The molecular weight excluding hydrogens is 462 g/mol. The Morgan fingerprint density at radius 2 is 1.11 bits per heavy atom. The van der Waals surface area contributed by atoms with Crippen molar-refractivity contribution < 1.29 is 0 Å². The van der Waals surface area contributed by atoms with Gasteiger partial charge in [-0.25, -0.2) is 0 Å². The van der Waals surface area contributed by atoms with Crippen molar-refractivity contribution >= 4 is 53.7 Å². The highest BCUT2D eigenvalue weighted by atomic mass is 79.9. The third kappa shape index (κ3) is 3.15. The van der Waals surface area contributed by atoms with Crippen LogP contribution in [-0.4, -0.2) is 4.57 Å². The first-order valence-corrected chi connectivity index (χ1v) is 11.0. The van der Waals surface area contributed by atoms with Crippen LogP contribution in [0.25, 0.3) is 27.5 Å². The summed E-state index contributed by atoms with van der Waals surface area (Å²) in [6.45, 7) is 9.12. The first-order chi connectivity index (χ1) is 12.9. The first kappa shape index (κ1) is 18.8. The van der Waals surface area contributed by atoms with Crippen molar-refractivity contribution in [2.45, 2.75) is 39.5 Å². The van der Waals surface area contributed by atoms with Gasteiger partial charge in [0.15, 0.2) is 0 Å². The molecule has 0 saturated carbocycles. The Bertz CT molecular complexity index is 1070. The Morgan fingerprint density at radius 3 is 1.52 bits per heavy atom. The van der Waals surface area contributed by atoms with Crippen LogP contribution in [0.5, 0.6) is 0 Å². The van der Waals surface area contributed by atoms with Crippen LogP contribution in [0, 0.1) is 0 Å². The molecule has 0 aliphatic carbocycles. The average molecular weight is 485 g/mol. The third-order valence-electron chi connectivity index (χ3n) is 5.26.